The minimum absolute atomic E-state index is 0.220. The minimum atomic E-state index is 0.220. The summed E-state index contributed by atoms with van der Waals surface area (Å²) in [6, 6.07) is 5.28. The fraction of sp³-hybridized carbons (Fsp3) is 0.706. The van der Waals surface area contributed by atoms with Crippen molar-refractivity contribution in [3.8, 4) is 0 Å². The molecule has 0 radical (unpaired) electrons. The molecule has 1 heterocycles. The summed E-state index contributed by atoms with van der Waals surface area (Å²) in [5, 5.41) is 5.40. The Morgan fingerprint density at radius 2 is 2.14 bits per heavy atom. The van der Waals surface area contributed by atoms with Crippen molar-refractivity contribution in [3.05, 3.63) is 22.4 Å². The zero-order chi connectivity index (χ0) is 14.7. The van der Waals surface area contributed by atoms with Crippen LogP contribution >= 0.6 is 11.3 Å². The summed E-state index contributed by atoms with van der Waals surface area (Å²) in [4.78, 5) is 16.1. The van der Waals surface area contributed by atoms with E-state index in [-0.39, 0.29) is 5.91 Å². The molecule has 21 heavy (non-hydrogen) atoms. The highest BCUT2D eigenvalue weighted by atomic mass is 32.1. The highest BCUT2D eigenvalue weighted by Crippen LogP contribution is 2.29. The Balaban J connectivity index is 1.51. The van der Waals surface area contributed by atoms with Crippen LogP contribution in [0, 0.1) is 5.92 Å². The van der Waals surface area contributed by atoms with E-state index in [1.165, 1.54) is 37.0 Å². The van der Waals surface area contributed by atoms with Crippen LogP contribution in [0.5, 0.6) is 0 Å². The fourth-order valence-electron chi connectivity index (χ4n) is 3.32. The number of carbonyl (C=O) groups is 1. The van der Waals surface area contributed by atoms with Crippen LogP contribution in [0.4, 0.5) is 0 Å². The molecule has 0 aromatic carbocycles. The van der Waals surface area contributed by atoms with Gasteiger partial charge < -0.3 is 5.32 Å². The molecule has 2 saturated carbocycles. The third-order valence-electron chi connectivity index (χ3n) is 4.81. The Hall–Kier alpha value is -0.870. The number of hydrogen-bond acceptors (Lipinski definition) is 3. The Bertz CT molecular complexity index is 455. The summed E-state index contributed by atoms with van der Waals surface area (Å²) in [5.41, 5.74) is 0. The molecule has 2 aliphatic rings. The van der Waals surface area contributed by atoms with Crippen LogP contribution in [-0.4, -0.2) is 29.4 Å². The van der Waals surface area contributed by atoms with Crippen LogP contribution in [0.1, 0.15) is 50.3 Å². The molecule has 3 nitrogen and oxygen atoms in total. The first-order valence-corrected chi connectivity index (χ1v) is 9.16. The molecule has 3 rings (SSSR count). The number of carbonyl (C=O) groups excluding carboxylic acids is 1. The van der Waals surface area contributed by atoms with Crippen LogP contribution in [0.3, 0.4) is 0 Å². The van der Waals surface area contributed by atoms with E-state index in [9.17, 15) is 4.79 Å². The van der Waals surface area contributed by atoms with E-state index in [1.54, 1.807) is 11.3 Å². The Morgan fingerprint density at radius 1 is 1.33 bits per heavy atom. The third kappa shape index (κ3) is 4.30. The number of thiophene rings is 1. The first kappa shape index (κ1) is 15.0. The van der Waals surface area contributed by atoms with E-state index in [4.69, 9.17) is 0 Å². The van der Waals surface area contributed by atoms with Gasteiger partial charge in [-0.2, -0.15) is 0 Å². The van der Waals surface area contributed by atoms with E-state index in [0.29, 0.717) is 24.5 Å². The van der Waals surface area contributed by atoms with Crippen LogP contribution in [0.2, 0.25) is 0 Å². The lowest BCUT2D eigenvalue weighted by atomic mass is 9.86. The standard InChI is InChI=1S/C17H26N2OS/c1-13-5-2-3-7-16(13)18-17(20)12-19(14-8-9-14)11-15-6-4-10-21-15/h4,6,10,13-14,16H,2-3,5,7-9,11-12H2,1H3,(H,18,20)/t13-,16-/m0/s1. The molecule has 0 aliphatic heterocycles. The van der Waals surface area contributed by atoms with Gasteiger partial charge in [0.25, 0.3) is 0 Å². The molecule has 0 unspecified atom stereocenters. The van der Waals surface area contributed by atoms with Gasteiger partial charge in [0, 0.05) is 23.5 Å². The Kier molecular flexibility index (Phi) is 4.96. The average molecular weight is 306 g/mol. The molecular weight excluding hydrogens is 280 g/mol. The third-order valence-corrected chi connectivity index (χ3v) is 5.67. The van der Waals surface area contributed by atoms with Crippen molar-refractivity contribution in [1.29, 1.82) is 0 Å². The molecule has 2 atom stereocenters. The predicted octanol–water partition coefficient (Wildman–Crippen LogP) is 3.41. The molecule has 0 saturated heterocycles. The van der Waals surface area contributed by atoms with Gasteiger partial charge in [-0.25, -0.2) is 0 Å². The van der Waals surface area contributed by atoms with Gasteiger partial charge in [-0.1, -0.05) is 25.8 Å². The molecule has 0 spiro atoms. The molecule has 2 aliphatic carbocycles. The van der Waals surface area contributed by atoms with Gasteiger partial charge in [-0.3, -0.25) is 9.69 Å². The first-order chi connectivity index (χ1) is 10.2. The normalized spacial score (nSPS) is 26.0. The van der Waals surface area contributed by atoms with Crippen LogP contribution in [-0.2, 0) is 11.3 Å². The lowest BCUT2D eigenvalue weighted by molar-refractivity contribution is -0.123. The van der Waals surface area contributed by atoms with Crippen molar-refractivity contribution in [2.45, 2.75) is 64.1 Å². The van der Waals surface area contributed by atoms with Crippen LogP contribution in [0.15, 0.2) is 17.5 Å². The highest BCUT2D eigenvalue weighted by Gasteiger charge is 2.31. The quantitative estimate of drug-likeness (QED) is 0.873. The monoisotopic (exact) mass is 306 g/mol. The van der Waals surface area contributed by atoms with Gasteiger partial charge in [-0.05, 0) is 43.0 Å². The lowest BCUT2D eigenvalue weighted by Crippen LogP contribution is -2.46. The van der Waals surface area contributed by atoms with Crippen molar-refractivity contribution in [1.82, 2.24) is 10.2 Å². The molecule has 1 aromatic rings. The SMILES string of the molecule is C[C@H]1CCCC[C@@H]1NC(=O)CN(Cc1cccs1)C1CC1. The minimum Gasteiger partial charge on any atom is -0.352 e. The van der Waals surface area contributed by atoms with Crippen molar-refractivity contribution in [2.75, 3.05) is 6.54 Å². The number of nitrogens with zero attached hydrogens (tertiary/aromatic N) is 1. The molecule has 1 N–H and O–H groups in total. The number of rotatable bonds is 6. The van der Waals surface area contributed by atoms with Crippen molar-refractivity contribution in [3.63, 3.8) is 0 Å². The van der Waals surface area contributed by atoms with Gasteiger partial charge in [0.05, 0.1) is 6.54 Å². The van der Waals surface area contributed by atoms with E-state index in [0.717, 1.165) is 13.0 Å². The Morgan fingerprint density at radius 3 is 2.81 bits per heavy atom. The Labute approximate surface area is 131 Å². The molecule has 1 amide bonds. The summed E-state index contributed by atoms with van der Waals surface area (Å²) in [6.45, 7) is 3.76. The van der Waals surface area contributed by atoms with Gasteiger partial charge in [0.15, 0.2) is 0 Å². The van der Waals surface area contributed by atoms with Crippen molar-refractivity contribution in [2.24, 2.45) is 5.92 Å². The van der Waals surface area contributed by atoms with E-state index >= 15 is 0 Å². The smallest absolute Gasteiger partial charge is 0.234 e. The maximum absolute atomic E-state index is 12.4. The molecule has 0 bridgehead atoms. The average Bonchev–Trinajstić information content (AvgIpc) is 3.19. The second kappa shape index (κ2) is 6.93. The highest BCUT2D eigenvalue weighted by molar-refractivity contribution is 7.09. The summed E-state index contributed by atoms with van der Waals surface area (Å²) >= 11 is 1.79. The van der Waals surface area contributed by atoms with E-state index < -0.39 is 0 Å². The van der Waals surface area contributed by atoms with Gasteiger partial charge in [0.2, 0.25) is 5.91 Å². The lowest BCUT2D eigenvalue weighted by Gasteiger charge is -2.30. The first-order valence-electron chi connectivity index (χ1n) is 8.28. The molecule has 116 valence electrons. The van der Waals surface area contributed by atoms with Gasteiger partial charge in [0.1, 0.15) is 0 Å². The van der Waals surface area contributed by atoms with E-state index in [2.05, 4.69) is 34.7 Å². The van der Waals surface area contributed by atoms with Gasteiger partial charge in [-0.15, -0.1) is 11.3 Å². The maximum Gasteiger partial charge on any atom is 0.234 e. The van der Waals surface area contributed by atoms with Crippen molar-refractivity contribution < 1.29 is 4.79 Å². The van der Waals surface area contributed by atoms with Crippen LogP contribution < -0.4 is 5.32 Å². The molecule has 1 aromatic heterocycles. The summed E-state index contributed by atoms with van der Waals surface area (Å²) in [6.07, 6.45) is 7.49. The fourth-order valence-corrected chi connectivity index (χ4v) is 4.05. The summed E-state index contributed by atoms with van der Waals surface area (Å²) < 4.78 is 0. The zero-order valence-corrected chi connectivity index (χ0v) is 13.7. The number of nitrogens with one attached hydrogen (secondary N) is 1. The molecular formula is C17H26N2OS. The van der Waals surface area contributed by atoms with Gasteiger partial charge >= 0.3 is 0 Å². The maximum atomic E-state index is 12.4. The predicted molar refractivity (Wildman–Crippen MR) is 87.3 cm³/mol. The number of hydrogen-bond donors (Lipinski definition) is 1. The van der Waals surface area contributed by atoms with Crippen LogP contribution in [0.25, 0.3) is 0 Å². The zero-order valence-electron chi connectivity index (χ0n) is 12.9. The van der Waals surface area contributed by atoms with Crippen molar-refractivity contribution >= 4 is 17.2 Å². The summed E-state index contributed by atoms with van der Waals surface area (Å²) in [5.74, 6) is 0.853. The largest absolute Gasteiger partial charge is 0.352 e. The molecule has 4 heteroatoms. The second-order valence-electron chi connectivity index (χ2n) is 6.65. The van der Waals surface area contributed by atoms with E-state index in [1.807, 2.05) is 0 Å². The number of amides is 1. The summed E-state index contributed by atoms with van der Waals surface area (Å²) in [7, 11) is 0. The molecule has 2 fully saturated rings. The topological polar surface area (TPSA) is 32.3 Å². The second-order valence-corrected chi connectivity index (χ2v) is 7.68.